The highest BCUT2D eigenvalue weighted by atomic mass is 16.6. The van der Waals surface area contributed by atoms with Crippen LogP contribution in [0, 0.1) is 13.8 Å². The van der Waals surface area contributed by atoms with E-state index >= 15 is 0 Å². The minimum atomic E-state index is -0.436. The lowest BCUT2D eigenvalue weighted by Crippen LogP contribution is -2.18. The van der Waals surface area contributed by atoms with E-state index in [-0.39, 0.29) is 0 Å². The first-order valence-electron chi connectivity index (χ1n) is 9.74. The second kappa shape index (κ2) is 10.6. The third kappa shape index (κ3) is 6.21. The van der Waals surface area contributed by atoms with Crippen LogP contribution in [0.1, 0.15) is 62.1 Å². The Hall–Kier alpha value is -2.29. The Kier molecular flexibility index (Phi) is 8.20. The molecule has 0 heterocycles. The number of anilines is 1. The van der Waals surface area contributed by atoms with E-state index in [9.17, 15) is 4.79 Å². The summed E-state index contributed by atoms with van der Waals surface area (Å²) in [6, 6.07) is 13.7. The van der Waals surface area contributed by atoms with Gasteiger partial charge in [-0.25, -0.2) is 4.79 Å². The molecular weight excluding hydrogens is 322 g/mol. The molecule has 2 aromatic rings. The molecule has 0 saturated carbocycles. The van der Waals surface area contributed by atoms with Gasteiger partial charge in [-0.2, -0.15) is 0 Å². The van der Waals surface area contributed by atoms with Crippen molar-refractivity contribution in [3.8, 4) is 5.75 Å². The van der Waals surface area contributed by atoms with Crippen molar-refractivity contribution in [3.05, 3.63) is 59.2 Å². The second-order valence-corrected chi connectivity index (χ2v) is 6.89. The van der Waals surface area contributed by atoms with Crippen LogP contribution in [0.3, 0.4) is 0 Å². The molecule has 0 spiro atoms. The zero-order valence-electron chi connectivity index (χ0n) is 16.3. The summed E-state index contributed by atoms with van der Waals surface area (Å²) in [7, 11) is 0. The Bertz CT molecular complexity index is 709. The van der Waals surface area contributed by atoms with Gasteiger partial charge >= 0.3 is 6.09 Å². The first kappa shape index (κ1) is 20.0. The summed E-state index contributed by atoms with van der Waals surface area (Å²) >= 11 is 0. The number of carbonyl (C=O) groups is 1. The van der Waals surface area contributed by atoms with E-state index in [2.05, 4.69) is 12.2 Å². The summed E-state index contributed by atoms with van der Waals surface area (Å²) < 4.78 is 5.59. The maximum Gasteiger partial charge on any atom is 0.417 e. The maximum atomic E-state index is 12.3. The van der Waals surface area contributed by atoms with Crippen LogP contribution in [-0.2, 0) is 6.42 Å². The number of para-hydroxylation sites is 1. The summed E-state index contributed by atoms with van der Waals surface area (Å²) in [6.45, 7) is 6.26. The Morgan fingerprint density at radius 2 is 1.65 bits per heavy atom. The van der Waals surface area contributed by atoms with Gasteiger partial charge in [0.05, 0.1) is 0 Å². The molecule has 3 nitrogen and oxygen atoms in total. The van der Waals surface area contributed by atoms with Gasteiger partial charge in [-0.05, 0) is 55.5 Å². The molecule has 0 radical (unpaired) electrons. The molecule has 2 aromatic carbocycles. The van der Waals surface area contributed by atoms with Gasteiger partial charge in [0.15, 0.2) is 0 Å². The lowest BCUT2D eigenvalue weighted by Gasteiger charge is -2.13. The molecular formula is C23H31NO2. The highest BCUT2D eigenvalue weighted by Gasteiger charge is 2.11. The highest BCUT2D eigenvalue weighted by molar-refractivity contribution is 5.87. The van der Waals surface area contributed by atoms with Gasteiger partial charge in [0, 0.05) is 5.69 Å². The fourth-order valence-electron chi connectivity index (χ4n) is 3.03. The van der Waals surface area contributed by atoms with Gasteiger partial charge < -0.3 is 4.74 Å². The molecule has 1 amide bonds. The van der Waals surface area contributed by atoms with E-state index in [0.29, 0.717) is 5.75 Å². The fraction of sp³-hybridized carbons (Fsp3) is 0.435. The Labute approximate surface area is 157 Å². The zero-order valence-corrected chi connectivity index (χ0v) is 16.3. The normalized spacial score (nSPS) is 10.6. The van der Waals surface area contributed by atoms with E-state index in [1.807, 2.05) is 56.3 Å². The topological polar surface area (TPSA) is 38.3 Å². The average Bonchev–Trinajstić information content (AvgIpc) is 2.63. The predicted octanol–water partition coefficient (Wildman–Crippen LogP) is 6.82. The molecule has 0 aliphatic rings. The molecule has 0 aromatic heterocycles. The highest BCUT2D eigenvalue weighted by Crippen LogP contribution is 2.23. The van der Waals surface area contributed by atoms with Crippen molar-refractivity contribution in [1.29, 1.82) is 0 Å². The monoisotopic (exact) mass is 353 g/mol. The second-order valence-electron chi connectivity index (χ2n) is 6.89. The number of hydrogen-bond donors (Lipinski definition) is 1. The molecule has 0 aliphatic heterocycles. The molecule has 26 heavy (non-hydrogen) atoms. The average molecular weight is 354 g/mol. The molecule has 0 unspecified atom stereocenters. The minimum Gasteiger partial charge on any atom is -0.410 e. The van der Waals surface area contributed by atoms with E-state index in [1.165, 1.54) is 32.1 Å². The van der Waals surface area contributed by atoms with Crippen molar-refractivity contribution in [2.24, 2.45) is 0 Å². The van der Waals surface area contributed by atoms with Gasteiger partial charge in [0.25, 0.3) is 0 Å². The van der Waals surface area contributed by atoms with Crippen LogP contribution in [0.5, 0.6) is 5.75 Å². The van der Waals surface area contributed by atoms with Crippen LogP contribution in [-0.4, -0.2) is 6.09 Å². The molecule has 2 rings (SSSR count). The van der Waals surface area contributed by atoms with Crippen LogP contribution >= 0.6 is 0 Å². The summed E-state index contributed by atoms with van der Waals surface area (Å²) in [5.41, 5.74) is 4.10. The van der Waals surface area contributed by atoms with Gasteiger partial charge in [0.2, 0.25) is 0 Å². The first-order chi connectivity index (χ1) is 12.6. The molecule has 0 fully saturated rings. The Morgan fingerprint density at radius 1 is 0.923 bits per heavy atom. The number of benzene rings is 2. The summed E-state index contributed by atoms with van der Waals surface area (Å²) in [5.74, 6) is 0.656. The smallest absolute Gasteiger partial charge is 0.410 e. The van der Waals surface area contributed by atoms with E-state index in [0.717, 1.165) is 35.2 Å². The van der Waals surface area contributed by atoms with Crippen molar-refractivity contribution >= 4 is 11.8 Å². The van der Waals surface area contributed by atoms with E-state index < -0.39 is 6.09 Å². The van der Waals surface area contributed by atoms with E-state index in [1.54, 1.807) is 0 Å². The van der Waals surface area contributed by atoms with Crippen LogP contribution < -0.4 is 10.1 Å². The number of nitrogens with one attached hydrogen (secondary N) is 1. The number of unbranched alkanes of at least 4 members (excludes halogenated alkanes) is 5. The summed E-state index contributed by atoms with van der Waals surface area (Å²) in [6.07, 6.45) is 8.04. The van der Waals surface area contributed by atoms with Crippen LogP contribution in [0.15, 0.2) is 42.5 Å². The van der Waals surface area contributed by atoms with Crippen molar-refractivity contribution in [2.75, 3.05) is 5.32 Å². The SMILES string of the molecule is CCCCCCCCc1ccccc1OC(=O)Nc1cccc(C)c1C. The van der Waals surface area contributed by atoms with Gasteiger partial charge in [-0.3, -0.25) is 5.32 Å². The largest absolute Gasteiger partial charge is 0.417 e. The van der Waals surface area contributed by atoms with Crippen LogP contribution in [0.25, 0.3) is 0 Å². The van der Waals surface area contributed by atoms with Gasteiger partial charge in [-0.1, -0.05) is 69.4 Å². The summed E-state index contributed by atoms with van der Waals surface area (Å²) in [4.78, 5) is 12.3. The van der Waals surface area contributed by atoms with Crippen molar-refractivity contribution in [3.63, 3.8) is 0 Å². The molecule has 0 bridgehead atoms. The van der Waals surface area contributed by atoms with Crippen LogP contribution in [0.2, 0.25) is 0 Å². The number of rotatable bonds is 9. The van der Waals surface area contributed by atoms with Crippen molar-refractivity contribution < 1.29 is 9.53 Å². The molecule has 0 aliphatic carbocycles. The molecule has 140 valence electrons. The van der Waals surface area contributed by atoms with Crippen molar-refractivity contribution in [1.82, 2.24) is 0 Å². The van der Waals surface area contributed by atoms with Gasteiger partial charge in [-0.15, -0.1) is 0 Å². The number of amides is 1. The Balaban J connectivity index is 1.90. The number of carbonyl (C=O) groups excluding carboxylic acids is 1. The lowest BCUT2D eigenvalue weighted by molar-refractivity contribution is 0.214. The zero-order chi connectivity index (χ0) is 18.8. The van der Waals surface area contributed by atoms with E-state index in [4.69, 9.17) is 4.74 Å². The van der Waals surface area contributed by atoms with Gasteiger partial charge in [0.1, 0.15) is 5.75 Å². The minimum absolute atomic E-state index is 0.436. The maximum absolute atomic E-state index is 12.3. The number of hydrogen-bond acceptors (Lipinski definition) is 2. The summed E-state index contributed by atoms with van der Waals surface area (Å²) in [5, 5.41) is 2.86. The molecule has 3 heteroatoms. The third-order valence-corrected chi connectivity index (χ3v) is 4.82. The predicted molar refractivity (Wildman–Crippen MR) is 109 cm³/mol. The molecule has 1 N–H and O–H groups in total. The lowest BCUT2D eigenvalue weighted by atomic mass is 10.0. The standard InChI is InChI=1S/C23H31NO2/c1-4-5-6-7-8-9-14-20-15-10-11-17-22(20)26-23(25)24-21-16-12-13-18(2)19(21)3/h10-13,15-17H,4-9,14H2,1-3H3,(H,24,25). The molecule has 0 saturated heterocycles. The third-order valence-electron chi connectivity index (χ3n) is 4.82. The number of aryl methyl sites for hydroxylation is 2. The van der Waals surface area contributed by atoms with Crippen molar-refractivity contribution in [2.45, 2.75) is 65.7 Å². The Morgan fingerprint density at radius 3 is 2.46 bits per heavy atom. The molecule has 0 atom stereocenters. The number of ether oxygens (including phenoxy) is 1. The van der Waals surface area contributed by atoms with Crippen LogP contribution in [0.4, 0.5) is 10.5 Å². The fourth-order valence-corrected chi connectivity index (χ4v) is 3.03. The first-order valence-corrected chi connectivity index (χ1v) is 9.74. The quantitative estimate of drug-likeness (QED) is 0.502.